The van der Waals surface area contributed by atoms with E-state index in [1.165, 1.54) is 38.5 Å². The highest BCUT2D eigenvalue weighted by Gasteiger charge is 2.53. The first-order chi connectivity index (χ1) is 9.07. The average Bonchev–Trinajstić information content (AvgIpc) is 2.69. The number of carbonyl (C=O) groups is 1. The predicted molar refractivity (Wildman–Crippen MR) is 67.8 cm³/mol. The molecule has 5 heteroatoms. The van der Waals surface area contributed by atoms with Crippen molar-refractivity contribution in [1.29, 1.82) is 0 Å². The Morgan fingerprint density at radius 3 is 2.11 bits per heavy atom. The van der Waals surface area contributed by atoms with E-state index in [1.807, 2.05) is 0 Å². The first-order valence-electron chi connectivity index (χ1n) is 7.20. The van der Waals surface area contributed by atoms with E-state index in [4.69, 9.17) is 5.11 Å². The van der Waals surface area contributed by atoms with E-state index in [1.54, 1.807) is 11.6 Å². The number of aromatic carboxylic acids is 1. The van der Waals surface area contributed by atoms with E-state index < -0.39 is 5.97 Å². The van der Waals surface area contributed by atoms with Gasteiger partial charge in [0.15, 0.2) is 0 Å². The lowest BCUT2D eigenvalue weighted by Gasteiger charge is -2.56. The molecule has 0 aliphatic heterocycles. The summed E-state index contributed by atoms with van der Waals surface area (Å²) >= 11 is 0. The molecule has 4 bridgehead atoms. The maximum atomic E-state index is 11.1. The van der Waals surface area contributed by atoms with E-state index in [0.29, 0.717) is 0 Å². The summed E-state index contributed by atoms with van der Waals surface area (Å²) in [6, 6.07) is 0. The Hall–Kier alpha value is -1.39. The highest BCUT2D eigenvalue weighted by Crippen LogP contribution is 2.60. The maximum Gasteiger partial charge on any atom is 0.374 e. The highest BCUT2D eigenvalue weighted by molar-refractivity contribution is 5.83. The van der Waals surface area contributed by atoms with Gasteiger partial charge < -0.3 is 9.67 Å². The lowest BCUT2D eigenvalue weighted by molar-refractivity contribution is -0.0108. The van der Waals surface area contributed by atoms with Gasteiger partial charge in [0.1, 0.15) is 5.82 Å². The van der Waals surface area contributed by atoms with Gasteiger partial charge in [-0.15, -0.1) is 10.2 Å². The van der Waals surface area contributed by atoms with E-state index >= 15 is 0 Å². The third kappa shape index (κ3) is 1.50. The van der Waals surface area contributed by atoms with E-state index in [0.717, 1.165) is 23.6 Å². The van der Waals surface area contributed by atoms with Gasteiger partial charge in [0.2, 0.25) is 5.82 Å². The van der Waals surface area contributed by atoms with Crippen LogP contribution in [0.15, 0.2) is 0 Å². The van der Waals surface area contributed by atoms with Crippen LogP contribution in [0.3, 0.4) is 0 Å². The van der Waals surface area contributed by atoms with E-state index in [9.17, 15) is 4.79 Å². The molecule has 0 spiro atoms. The van der Waals surface area contributed by atoms with Crippen LogP contribution in [0.2, 0.25) is 0 Å². The van der Waals surface area contributed by atoms with Crippen molar-refractivity contribution in [2.45, 2.75) is 43.9 Å². The van der Waals surface area contributed by atoms with Crippen molar-refractivity contribution in [1.82, 2.24) is 14.8 Å². The molecule has 5 rings (SSSR count). The monoisotopic (exact) mass is 261 g/mol. The van der Waals surface area contributed by atoms with Crippen molar-refractivity contribution in [3.05, 3.63) is 11.6 Å². The van der Waals surface area contributed by atoms with Crippen molar-refractivity contribution in [3.63, 3.8) is 0 Å². The van der Waals surface area contributed by atoms with Gasteiger partial charge in [0.05, 0.1) is 0 Å². The van der Waals surface area contributed by atoms with Crippen molar-refractivity contribution in [2.24, 2.45) is 24.8 Å². The number of hydrogen-bond donors (Lipinski definition) is 1. The summed E-state index contributed by atoms with van der Waals surface area (Å²) in [7, 11) is 1.80. The Balaban J connectivity index is 1.77. The molecule has 1 aromatic rings. The van der Waals surface area contributed by atoms with E-state index in [2.05, 4.69) is 10.2 Å². The minimum Gasteiger partial charge on any atom is -0.475 e. The maximum absolute atomic E-state index is 11.1. The van der Waals surface area contributed by atoms with Crippen LogP contribution in [0.4, 0.5) is 0 Å². The molecule has 4 aliphatic carbocycles. The lowest BCUT2D eigenvalue weighted by atomic mass is 9.49. The Labute approximate surface area is 112 Å². The largest absolute Gasteiger partial charge is 0.475 e. The van der Waals surface area contributed by atoms with Gasteiger partial charge in [-0.2, -0.15) is 0 Å². The molecule has 0 amide bonds. The molecule has 0 radical (unpaired) electrons. The predicted octanol–water partition coefficient (Wildman–Crippen LogP) is 1.98. The fourth-order valence-corrected chi connectivity index (χ4v) is 5.36. The quantitative estimate of drug-likeness (QED) is 0.884. The molecule has 0 aromatic carbocycles. The zero-order valence-corrected chi connectivity index (χ0v) is 11.2. The normalized spacial score (nSPS) is 39.7. The summed E-state index contributed by atoms with van der Waals surface area (Å²) < 4.78 is 1.72. The zero-order valence-electron chi connectivity index (χ0n) is 11.2. The molecule has 0 unspecified atom stereocenters. The van der Waals surface area contributed by atoms with E-state index in [-0.39, 0.29) is 11.2 Å². The number of rotatable bonds is 2. The third-order valence-electron chi connectivity index (χ3n) is 5.58. The van der Waals surface area contributed by atoms with Crippen LogP contribution in [0.1, 0.15) is 55.0 Å². The molecule has 4 fully saturated rings. The molecule has 4 saturated carbocycles. The molecule has 0 atom stereocenters. The second kappa shape index (κ2) is 3.58. The van der Waals surface area contributed by atoms with Crippen molar-refractivity contribution < 1.29 is 9.90 Å². The van der Waals surface area contributed by atoms with Crippen molar-refractivity contribution >= 4 is 5.97 Å². The topological polar surface area (TPSA) is 68.0 Å². The van der Waals surface area contributed by atoms with Gasteiger partial charge >= 0.3 is 5.97 Å². The van der Waals surface area contributed by atoms with Crippen LogP contribution in [-0.4, -0.2) is 25.8 Å². The molecule has 5 nitrogen and oxygen atoms in total. The molecular weight excluding hydrogens is 242 g/mol. The number of hydrogen-bond acceptors (Lipinski definition) is 3. The van der Waals surface area contributed by atoms with Gasteiger partial charge in [-0.05, 0) is 56.3 Å². The van der Waals surface area contributed by atoms with Gasteiger partial charge in [-0.25, -0.2) is 4.79 Å². The van der Waals surface area contributed by atoms with Crippen molar-refractivity contribution in [2.75, 3.05) is 0 Å². The Morgan fingerprint density at radius 2 is 1.68 bits per heavy atom. The molecule has 0 saturated heterocycles. The van der Waals surface area contributed by atoms with Gasteiger partial charge in [-0.1, -0.05) is 0 Å². The minimum atomic E-state index is -0.981. The van der Waals surface area contributed by atoms with Crippen molar-refractivity contribution in [3.8, 4) is 0 Å². The van der Waals surface area contributed by atoms with Crippen LogP contribution in [0, 0.1) is 17.8 Å². The molecular formula is C14H19N3O2. The van der Waals surface area contributed by atoms with Gasteiger partial charge in [-0.3, -0.25) is 0 Å². The second-order valence-corrected chi connectivity index (χ2v) is 6.91. The van der Waals surface area contributed by atoms with Crippen LogP contribution < -0.4 is 0 Å². The average molecular weight is 261 g/mol. The second-order valence-electron chi connectivity index (χ2n) is 6.91. The van der Waals surface area contributed by atoms with Gasteiger partial charge in [0, 0.05) is 12.5 Å². The third-order valence-corrected chi connectivity index (χ3v) is 5.58. The summed E-state index contributed by atoms with van der Waals surface area (Å²) in [5.41, 5.74) is 0.115. The molecule has 19 heavy (non-hydrogen) atoms. The lowest BCUT2D eigenvalue weighted by Crippen LogP contribution is -2.49. The van der Waals surface area contributed by atoms with Gasteiger partial charge in [0.25, 0.3) is 0 Å². The van der Waals surface area contributed by atoms with Crippen LogP contribution in [0.5, 0.6) is 0 Å². The molecule has 4 aliphatic rings. The number of carboxylic acid groups (broad SMARTS) is 1. The summed E-state index contributed by atoms with van der Waals surface area (Å²) in [5, 5.41) is 17.3. The van der Waals surface area contributed by atoms with Crippen LogP contribution in [0.25, 0.3) is 0 Å². The van der Waals surface area contributed by atoms with Crippen LogP contribution >= 0.6 is 0 Å². The molecule has 1 aromatic heterocycles. The molecule has 1 N–H and O–H groups in total. The Morgan fingerprint density at radius 1 is 1.16 bits per heavy atom. The fourth-order valence-electron chi connectivity index (χ4n) is 5.36. The first-order valence-corrected chi connectivity index (χ1v) is 7.20. The standard InChI is InChI=1S/C14H19N3O2/c1-17-11(12(18)19)15-16-13(17)14-5-8-2-9(6-14)4-10(3-8)7-14/h8-10H,2-7H2,1H3,(H,18,19). The Kier molecular flexibility index (Phi) is 2.16. The fraction of sp³-hybridized carbons (Fsp3) is 0.786. The summed E-state index contributed by atoms with van der Waals surface area (Å²) in [5.74, 6) is 2.50. The van der Waals surface area contributed by atoms with Crippen LogP contribution in [-0.2, 0) is 12.5 Å². The molecule has 1 heterocycles. The number of carboxylic acids is 1. The smallest absolute Gasteiger partial charge is 0.374 e. The first kappa shape index (κ1) is 11.4. The Bertz CT molecular complexity index is 514. The summed E-state index contributed by atoms with van der Waals surface area (Å²) in [6.07, 6.45) is 7.69. The number of nitrogens with zero attached hydrogens (tertiary/aromatic N) is 3. The summed E-state index contributed by atoms with van der Waals surface area (Å²) in [4.78, 5) is 11.1. The highest BCUT2D eigenvalue weighted by atomic mass is 16.4. The number of aromatic nitrogens is 3. The minimum absolute atomic E-state index is 0.0748. The summed E-state index contributed by atoms with van der Waals surface area (Å²) in [6.45, 7) is 0. The zero-order chi connectivity index (χ0) is 13.2. The SMILES string of the molecule is Cn1c(C(=O)O)nnc1C12CC3CC(CC(C3)C1)C2. The molecule has 102 valence electrons.